The lowest BCUT2D eigenvalue weighted by atomic mass is 10.2. The Labute approximate surface area is 113 Å². The van der Waals surface area contributed by atoms with E-state index in [0.29, 0.717) is 5.56 Å². The van der Waals surface area contributed by atoms with Crippen LogP contribution < -0.4 is 0 Å². The van der Waals surface area contributed by atoms with E-state index in [2.05, 4.69) is 14.9 Å². The number of carbonyl (C=O) groups excluding carboxylic acids is 1. The van der Waals surface area contributed by atoms with Crippen LogP contribution in [0.3, 0.4) is 0 Å². The summed E-state index contributed by atoms with van der Waals surface area (Å²) in [6.45, 7) is 1.67. The van der Waals surface area contributed by atoms with Crippen molar-refractivity contribution in [2.45, 2.75) is 17.4 Å². The molecule has 1 aromatic carbocycles. The molecule has 7 heteroatoms. The van der Waals surface area contributed by atoms with Crippen LogP contribution in [0.2, 0.25) is 0 Å². The highest BCUT2D eigenvalue weighted by Gasteiger charge is 2.19. The molecule has 2 rings (SSSR count). The van der Waals surface area contributed by atoms with Crippen LogP contribution in [0.15, 0.2) is 33.9 Å². The first kappa shape index (κ1) is 13.5. The lowest BCUT2D eigenvalue weighted by molar-refractivity contribution is -0.139. The van der Waals surface area contributed by atoms with Crippen molar-refractivity contribution in [3.05, 3.63) is 30.1 Å². The number of hydrogen-bond donors (Lipinski definition) is 0. The fourth-order valence-electron chi connectivity index (χ4n) is 1.36. The van der Waals surface area contributed by atoms with Crippen molar-refractivity contribution in [3.63, 3.8) is 0 Å². The lowest BCUT2D eigenvalue weighted by Crippen LogP contribution is -2.14. The third-order valence-corrected chi connectivity index (χ3v) is 3.20. The molecule has 0 spiro atoms. The van der Waals surface area contributed by atoms with Gasteiger partial charge in [-0.1, -0.05) is 17.8 Å². The number of ether oxygens (including phenoxy) is 1. The van der Waals surface area contributed by atoms with Gasteiger partial charge in [-0.2, -0.15) is 0 Å². The Morgan fingerprint density at radius 3 is 2.95 bits per heavy atom. The zero-order valence-corrected chi connectivity index (χ0v) is 11.1. The molecular formula is C12H11FN2O3S. The van der Waals surface area contributed by atoms with Crippen molar-refractivity contribution in [2.75, 3.05) is 7.11 Å². The number of rotatable bonds is 4. The van der Waals surface area contributed by atoms with E-state index in [-0.39, 0.29) is 22.9 Å². The molecule has 5 nitrogen and oxygen atoms in total. The number of methoxy groups -OCH3 is 1. The van der Waals surface area contributed by atoms with Gasteiger partial charge in [-0.05, 0) is 25.1 Å². The summed E-state index contributed by atoms with van der Waals surface area (Å²) in [6.07, 6.45) is 0. The fourth-order valence-corrected chi connectivity index (χ4v) is 2.07. The molecule has 2 aromatic rings. The molecule has 0 bridgehead atoms. The van der Waals surface area contributed by atoms with Gasteiger partial charge in [-0.25, -0.2) is 4.39 Å². The Bertz CT molecular complexity index is 588. The largest absolute Gasteiger partial charge is 0.468 e. The van der Waals surface area contributed by atoms with Gasteiger partial charge >= 0.3 is 5.97 Å². The Kier molecular flexibility index (Phi) is 4.16. The summed E-state index contributed by atoms with van der Waals surface area (Å²) in [6, 6.07) is 5.84. The van der Waals surface area contributed by atoms with Gasteiger partial charge in [0, 0.05) is 5.56 Å². The van der Waals surface area contributed by atoms with Gasteiger partial charge in [0.15, 0.2) is 0 Å². The number of nitrogens with zero attached hydrogens (tertiary/aromatic N) is 2. The molecule has 1 aromatic heterocycles. The third kappa shape index (κ3) is 3.31. The van der Waals surface area contributed by atoms with Crippen molar-refractivity contribution in [3.8, 4) is 11.5 Å². The second-order valence-corrected chi connectivity index (χ2v) is 4.96. The van der Waals surface area contributed by atoms with Crippen LogP contribution in [0.25, 0.3) is 11.5 Å². The van der Waals surface area contributed by atoms with E-state index < -0.39 is 5.25 Å². The summed E-state index contributed by atoms with van der Waals surface area (Å²) in [4.78, 5) is 11.3. The van der Waals surface area contributed by atoms with Crippen molar-refractivity contribution in [2.24, 2.45) is 0 Å². The molecule has 100 valence electrons. The molecule has 1 unspecified atom stereocenters. The first-order valence-electron chi connectivity index (χ1n) is 5.44. The first-order chi connectivity index (χ1) is 9.10. The second kappa shape index (κ2) is 5.83. The lowest BCUT2D eigenvalue weighted by Gasteiger charge is -2.04. The van der Waals surface area contributed by atoms with Crippen LogP contribution >= 0.6 is 11.8 Å². The highest BCUT2D eigenvalue weighted by Crippen LogP contribution is 2.26. The number of carbonyl (C=O) groups is 1. The molecule has 0 saturated heterocycles. The number of thioether (sulfide) groups is 1. The van der Waals surface area contributed by atoms with Crippen molar-refractivity contribution >= 4 is 17.7 Å². The summed E-state index contributed by atoms with van der Waals surface area (Å²) >= 11 is 1.09. The summed E-state index contributed by atoms with van der Waals surface area (Å²) in [5, 5.41) is 7.38. The average Bonchev–Trinajstić information content (AvgIpc) is 2.86. The van der Waals surface area contributed by atoms with E-state index >= 15 is 0 Å². The maximum absolute atomic E-state index is 13.1. The SMILES string of the molecule is COC(=O)C(C)Sc1nnc(-c2cccc(F)c2)o1. The number of esters is 1. The van der Waals surface area contributed by atoms with Crippen LogP contribution in [0, 0.1) is 5.82 Å². The minimum absolute atomic E-state index is 0.207. The van der Waals surface area contributed by atoms with E-state index in [9.17, 15) is 9.18 Å². The van der Waals surface area contributed by atoms with Gasteiger partial charge in [-0.3, -0.25) is 4.79 Å². The quantitative estimate of drug-likeness (QED) is 0.634. The number of aromatic nitrogens is 2. The zero-order chi connectivity index (χ0) is 13.8. The second-order valence-electron chi connectivity index (χ2n) is 3.67. The van der Waals surface area contributed by atoms with Crippen LogP contribution in [0.5, 0.6) is 0 Å². The standard InChI is InChI=1S/C12H11FN2O3S/c1-7(11(16)17-2)19-12-15-14-10(18-12)8-4-3-5-9(13)6-8/h3-7H,1-2H3. The zero-order valence-electron chi connectivity index (χ0n) is 10.3. The molecule has 0 fully saturated rings. The molecule has 19 heavy (non-hydrogen) atoms. The van der Waals surface area contributed by atoms with Gasteiger partial charge < -0.3 is 9.15 Å². The maximum atomic E-state index is 13.1. The van der Waals surface area contributed by atoms with Gasteiger partial charge in [0.05, 0.1) is 7.11 Å². The Balaban J connectivity index is 2.13. The normalized spacial score (nSPS) is 12.2. The van der Waals surface area contributed by atoms with E-state index in [4.69, 9.17) is 4.42 Å². The molecule has 0 amide bonds. The third-order valence-electron chi connectivity index (χ3n) is 2.29. The van der Waals surface area contributed by atoms with E-state index in [1.54, 1.807) is 19.1 Å². The van der Waals surface area contributed by atoms with E-state index in [0.717, 1.165) is 11.8 Å². The van der Waals surface area contributed by atoms with E-state index in [1.807, 2.05) is 0 Å². The molecule has 0 aliphatic rings. The predicted molar refractivity (Wildman–Crippen MR) is 67.0 cm³/mol. The van der Waals surface area contributed by atoms with Crippen LogP contribution in [0.4, 0.5) is 4.39 Å². The summed E-state index contributed by atoms with van der Waals surface area (Å²) in [7, 11) is 1.31. The monoisotopic (exact) mass is 282 g/mol. The molecule has 0 aliphatic heterocycles. The first-order valence-corrected chi connectivity index (χ1v) is 6.32. The summed E-state index contributed by atoms with van der Waals surface area (Å²) in [5.74, 6) is -0.553. The average molecular weight is 282 g/mol. The molecule has 0 saturated carbocycles. The Morgan fingerprint density at radius 2 is 2.26 bits per heavy atom. The summed E-state index contributed by atoms with van der Waals surface area (Å²) < 4.78 is 23.0. The van der Waals surface area contributed by atoms with Gasteiger partial charge in [0.1, 0.15) is 11.1 Å². The van der Waals surface area contributed by atoms with Crippen LogP contribution in [-0.4, -0.2) is 28.5 Å². The molecule has 0 aliphatic carbocycles. The van der Waals surface area contributed by atoms with Crippen molar-refractivity contribution in [1.82, 2.24) is 10.2 Å². The molecule has 1 heterocycles. The molecule has 0 N–H and O–H groups in total. The maximum Gasteiger partial charge on any atom is 0.319 e. The summed E-state index contributed by atoms with van der Waals surface area (Å²) in [5.41, 5.74) is 0.491. The Morgan fingerprint density at radius 1 is 1.47 bits per heavy atom. The van der Waals surface area contributed by atoms with E-state index in [1.165, 1.54) is 19.2 Å². The van der Waals surface area contributed by atoms with Gasteiger partial charge in [0.2, 0.25) is 5.89 Å². The van der Waals surface area contributed by atoms with Crippen molar-refractivity contribution in [1.29, 1.82) is 0 Å². The molecule has 1 atom stereocenters. The van der Waals surface area contributed by atoms with Gasteiger partial charge in [-0.15, -0.1) is 10.2 Å². The highest BCUT2D eigenvalue weighted by atomic mass is 32.2. The highest BCUT2D eigenvalue weighted by molar-refractivity contribution is 8.00. The van der Waals surface area contributed by atoms with Crippen LogP contribution in [0.1, 0.15) is 6.92 Å². The number of hydrogen-bond acceptors (Lipinski definition) is 6. The van der Waals surface area contributed by atoms with Crippen LogP contribution in [-0.2, 0) is 9.53 Å². The fraction of sp³-hybridized carbons (Fsp3) is 0.250. The topological polar surface area (TPSA) is 65.2 Å². The molecule has 0 radical (unpaired) electrons. The number of benzene rings is 1. The Hall–Kier alpha value is -1.89. The predicted octanol–water partition coefficient (Wildman–Crippen LogP) is 2.53. The number of halogens is 1. The minimum Gasteiger partial charge on any atom is -0.468 e. The molecular weight excluding hydrogens is 271 g/mol. The van der Waals surface area contributed by atoms with Crippen molar-refractivity contribution < 1.29 is 18.3 Å². The smallest absolute Gasteiger partial charge is 0.319 e. The minimum atomic E-state index is -0.453. The van der Waals surface area contributed by atoms with Gasteiger partial charge in [0.25, 0.3) is 5.22 Å².